The summed E-state index contributed by atoms with van der Waals surface area (Å²) in [6.07, 6.45) is 34.1. The Hall–Kier alpha value is -1.06. The van der Waals surface area contributed by atoms with Crippen LogP contribution in [0, 0.1) is 0 Å². The number of carboxylic acids is 1. The van der Waals surface area contributed by atoms with Crippen LogP contribution >= 0.6 is 0 Å². The van der Waals surface area contributed by atoms with Crippen molar-refractivity contribution in [1.29, 1.82) is 0 Å². The molecule has 1 unspecified atom stereocenters. The topological polar surface area (TPSA) is 63.6 Å². The van der Waals surface area contributed by atoms with E-state index in [0.717, 1.165) is 25.7 Å². The number of hydrogen-bond acceptors (Lipinski definition) is 3. The molecular weight excluding hydrogens is 472 g/mol. The van der Waals surface area contributed by atoms with Crippen molar-refractivity contribution in [3.63, 3.8) is 0 Å². The number of carbonyl (C=O) groups is 2. The van der Waals surface area contributed by atoms with Gasteiger partial charge in [0.1, 0.15) is 6.10 Å². The van der Waals surface area contributed by atoms with Gasteiger partial charge in [-0.25, -0.2) is 0 Å². The first kappa shape index (κ1) is 36.9. The third-order valence-electron chi connectivity index (χ3n) is 7.83. The van der Waals surface area contributed by atoms with E-state index >= 15 is 0 Å². The van der Waals surface area contributed by atoms with Gasteiger partial charge in [0.2, 0.25) is 0 Å². The van der Waals surface area contributed by atoms with E-state index in [4.69, 9.17) is 9.84 Å². The minimum Gasteiger partial charge on any atom is -0.481 e. The number of unbranched alkanes of at least 4 members (excludes halogenated alkanes) is 22. The standard InChI is InChI=1S/C34H66O4/c1-3-5-7-9-11-12-13-14-15-16-17-18-19-20-22-24-26-31-34(37)38-32(29-27-30-33(35)36)28-25-23-21-10-8-6-4-2/h32H,3-31H2,1-2H3,(H,35,36). The molecule has 0 bridgehead atoms. The Morgan fingerprint density at radius 3 is 1.21 bits per heavy atom. The Labute approximate surface area is 237 Å². The number of rotatable bonds is 31. The van der Waals surface area contributed by atoms with Gasteiger partial charge in [0, 0.05) is 12.8 Å². The summed E-state index contributed by atoms with van der Waals surface area (Å²) in [5, 5.41) is 8.93. The molecule has 1 atom stereocenters. The van der Waals surface area contributed by atoms with Gasteiger partial charge in [-0.3, -0.25) is 9.59 Å². The highest BCUT2D eigenvalue weighted by molar-refractivity contribution is 5.69. The Bertz CT molecular complexity index is 505. The molecule has 0 aromatic carbocycles. The van der Waals surface area contributed by atoms with Crippen molar-refractivity contribution in [2.75, 3.05) is 0 Å². The lowest BCUT2D eigenvalue weighted by Crippen LogP contribution is -2.18. The average molecular weight is 539 g/mol. The van der Waals surface area contributed by atoms with Gasteiger partial charge in [-0.1, -0.05) is 155 Å². The Morgan fingerprint density at radius 2 is 0.816 bits per heavy atom. The van der Waals surface area contributed by atoms with E-state index in [1.54, 1.807) is 0 Å². The smallest absolute Gasteiger partial charge is 0.306 e. The summed E-state index contributed by atoms with van der Waals surface area (Å²) < 4.78 is 5.77. The second-order valence-electron chi connectivity index (χ2n) is 11.7. The first-order chi connectivity index (χ1) is 18.6. The molecule has 0 rings (SSSR count). The Balaban J connectivity index is 3.68. The first-order valence-electron chi connectivity index (χ1n) is 17.0. The molecule has 0 spiro atoms. The van der Waals surface area contributed by atoms with Gasteiger partial charge in [0.25, 0.3) is 0 Å². The van der Waals surface area contributed by atoms with Crippen LogP contribution in [-0.4, -0.2) is 23.1 Å². The van der Waals surface area contributed by atoms with Crippen molar-refractivity contribution >= 4 is 11.9 Å². The lowest BCUT2D eigenvalue weighted by atomic mass is 10.0. The van der Waals surface area contributed by atoms with Crippen LogP contribution in [0.5, 0.6) is 0 Å². The zero-order chi connectivity index (χ0) is 27.9. The second kappa shape index (κ2) is 30.5. The molecule has 0 amide bonds. The molecule has 0 aliphatic carbocycles. The zero-order valence-electron chi connectivity index (χ0n) is 25.8. The highest BCUT2D eigenvalue weighted by atomic mass is 16.5. The third-order valence-corrected chi connectivity index (χ3v) is 7.83. The number of hydrogen-bond donors (Lipinski definition) is 1. The highest BCUT2D eigenvalue weighted by Crippen LogP contribution is 2.18. The van der Waals surface area contributed by atoms with E-state index < -0.39 is 5.97 Å². The van der Waals surface area contributed by atoms with Crippen LogP contribution < -0.4 is 0 Å². The monoisotopic (exact) mass is 538 g/mol. The number of carboxylic acid groups (broad SMARTS) is 1. The lowest BCUT2D eigenvalue weighted by Gasteiger charge is -2.18. The minimum absolute atomic E-state index is 0.0887. The molecule has 4 nitrogen and oxygen atoms in total. The van der Waals surface area contributed by atoms with Gasteiger partial charge < -0.3 is 9.84 Å². The largest absolute Gasteiger partial charge is 0.481 e. The molecule has 0 aliphatic rings. The maximum absolute atomic E-state index is 12.4. The van der Waals surface area contributed by atoms with Crippen LogP contribution in [0.3, 0.4) is 0 Å². The van der Waals surface area contributed by atoms with Crippen LogP contribution in [0.2, 0.25) is 0 Å². The predicted molar refractivity (Wildman–Crippen MR) is 163 cm³/mol. The summed E-state index contributed by atoms with van der Waals surface area (Å²) in [6.45, 7) is 4.51. The summed E-state index contributed by atoms with van der Waals surface area (Å²) in [6, 6.07) is 0. The molecule has 0 aliphatic heterocycles. The number of ether oxygens (including phenoxy) is 1. The summed E-state index contributed by atoms with van der Waals surface area (Å²) in [4.78, 5) is 23.2. The molecule has 226 valence electrons. The minimum atomic E-state index is -0.769. The highest BCUT2D eigenvalue weighted by Gasteiger charge is 2.15. The van der Waals surface area contributed by atoms with E-state index in [1.807, 2.05) is 0 Å². The Kier molecular flexibility index (Phi) is 29.6. The summed E-state index contributed by atoms with van der Waals surface area (Å²) in [7, 11) is 0. The molecule has 0 fully saturated rings. The molecule has 38 heavy (non-hydrogen) atoms. The van der Waals surface area contributed by atoms with E-state index in [1.165, 1.54) is 135 Å². The molecule has 0 heterocycles. The Morgan fingerprint density at radius 1 is 0.474 bits per heavy atom. The molecule has 0 saturated carbocycles. The van der Waals surface area contributed by atoms with Gasteiger partial charge in [-0.2, -0.15) is 0 Å². The zero-order valence-corrected chi connectivity index (χ0v) is 25.8. The van der Waals surface area contributed by atoms with E-state index in [9.17, 15) is 9.59 Å². The molecule has 0 saturated heterocycles. The third kappa shape index (κ3) is 29.5. The van der Waals surface area contributed by atoms with Crippen molar-refractivity contribution in [3.8, 4) is 0 Å². The summed E-state index contributed by atoms with van der Waals surface area (Å²) in [5.41, 5.74) is 0. The van der Waals surface area contributed by atoms with E-state index in [0.29, 0.717) is 19.3 Å². The maximum Gasteiger partial charge on any atom is 0.306 e. The van der Waals surface area contributed by atoms with Crippen LogP contribution in [0.1, 0.15) is 200 Å². The van der Waals surface area contributed by atoms with Crippen molar-refractivity contribution in [1.82, 2.24) is 0 Å². The summed E-state index contributed by atoms with van der Waals surface area (Å²) in [5.74, 6) is -0.858. The fourth-order valence-electron chi connectivity index (χ4n) is 5.31. The van der Waals surface area contributed by atoms with Gasteiger partial charge >= 0.3 is 11.9 Å². The average Bonchev–Trinajstić information content (AvgIpc) is 2.89. The molecule has 0 aromatic rings. The number of esters is 1. The first-order valence-corrected chi connectivity index (χ1v) is 17.0. The lowest BCUT2D eigenvalue weighted by molar-refractivity contribution is -0.150. The molecule has 0 radical (unpaired) electrons. The number of carbonyl (C=O) groups excluding carboxylic acids is 1. The van der Waals surface area contributed by atoms with Crippen LogP contribution in [0.25, 0.3) is 0 Å². The van der Waals surface area contributed by atoms with Gasteiger partial charge in [-0.05, 0) is 32.1 Å². The fraction of sp³-hybridized carbons (Fsp3) is 0.941. The normalized spacial score (nSPS) is 12.1. The van der Waals surface area contributed by atoms with Crippen molar-refractivity contribution in [2.24, 2.45) is 0 Å². The molecule has 4 heteroatoms. The number of aliphatic carboxylic acids is 1. The van der Waals surface area contributed by atoms with Gasteiger partial charge in [0.05, 0.1) is 0 Å². The van der Waals surface area contributed by atoms with Crippen molar-refractivity contribution in [3.05, 3.63) is 0 Å². The molecule has 0 aromatic heterocycles. The van der Waals surface area contributed by atoms with Gasteiger partial charge in [0.15, 0.2) is 0 Å². The van der Waals surface area contributed by atoms with Crippen LogP contribution in [0.15, 0.2) is 0 Å². The van der Waals surface area contributed by atoms with Crippen LogP contribution in [-0.2, 0) is 14.3 Å². The summed E-state index contributed by atoms with van der Waals surface area (Å²) >= 11 is 0. The SMILES string of the molecule is CCCCCCCCCCCCCCCCCCCC(=O)OC(CCCCCCCCC)CCCC(=O)O. The molecular formula is C34H66O4. The quantitative estimate of drug-likeness (QED) is 0.0704. The second-order valence-corrected chi connectivity index (χ2v) is 11.7. The van der Waals surface area contributed by atoms with E-state index in [-0.39, 0.29) is 18.5 Å². The van der Waals surface area contributed by atoms with E-state index in [2.05, 4.69) is 13.8 Å². The molecule has 1 N–H and O–H groups in total. The maximum atomic E-state index is 12.4. The van der Waals surface area contributed by atoms with Gasteiger partial charge in [-0.15, -0.1) is 0 Å². The van der Waals surface area contributed by atoms with Crippen molar-refractivity contribution < 1.29 is 19.4 Å². The van der Waals surface area contributed by atoms with Crippen LogP contribution in [0.4, 0.5) is 0 Å². The fourth-order valence-corrected chi connectivity index (χ4v) is 5.31. The predicted octanol–water partition coefficient (Wildman–Crippen LogP) is 11.3. The van der Waals surface area contributed by atoms with Crippen molar-refractivity contribution in [2.45, 2.75) is 206 Å².